The van der Waals surface area contributed by atoms with E-state index in [4.69, 9.17) is 4.74 Å². The SMILES string of the molecule is Cc1nc([C@@H]2CCOC2)cc(N2CCS(=O)(=O)CC2)n1. The average Bonchev–Trinajstić information content (AvgIpc) is 2.91. The summed E-state index contributed by atoms with van der Waals surface area (Å²) in [5, 5.41) is 0. The van der Waals surface area contributed by atoms with E-state index in [0.717, 1.165) is 30.4 Å². The van der Waals surface area contributed by atoms with Crippen LogP contribution in [0.15, 0.2) is 6.07 Å². The Morgan fingerprint density at radius 2 is 2.05 bits per heavy atom. The molecule has 1 aromatic rings. The zero-order valence-corrected chi connectivity index (χ0v) is 12.4. The lowest BCUT2D eigenvalue weighted by Crippen LogP contribution is -2.40. The molecule has 0 N–H and O–H groups in total. The topological polar surface area (TPSA) is 72.4 Å². The molecule has 0 amide bonds. The van der Waals surface area contributed by atoms with Crippen molar-refractivity contribution in [1.29, 1.82) is 0 Å². The van der Waals surface area contributed by atoms with E-state index in [-0.39, 0.29) is 11.5 Å². The normalized spacial score (nSPS) is 25.9. The molecule has 6 nitrogen and oxygen atoms in total. The van der Waals surface area contributed by atoms with Gasteiger partial charge in [-0.2, -0.15) is 0 Å². The van der Waals surface area contributed by atoms with Gasteiger partial charge in [-0.15, -0.1) is 0 Å². The first-order valence-corrected chi connectivity index (χ1v) is 8.74. The van der Waals surface area contributed by atoms with E-state index >= 15 is 0 Å². The van der Waals surface area contributed by atoms with Crippen LogP contribution in [0.5, 0.6) is 0 Å². The largest absolute Gasteiger partial charge is 0.381 e. The molecule has 2 aliphatic heterocycles. The van der Waals surface area contributed by atoms with Crippen LogP contribution >= 0.6 is 0 Å². The molecule has 1 aromatic heterocycles. The molecule has 0 aromatic carbocycles. The molecule has 2 fully saturated rings. The van der Waals surface area contributed by atoms with Gasteiger partial charge in [0.2, 0.25) is 0 Å². The fraction of sp³-hybridized carbons (Fsp3) is 0.692. The first kappa shape index (κ1) is 13.8. The van der Waals surface area contributed by atoms with Crippen molar-refractivity contribution in [2.45, 2.75) is 19.3 Å². The van der Waals surface area contributed by atoms with E-state index in [1.165, 1.54) is 0 Å². The van der Waals surface area contributed by atoms with Gasteiger partial charge in [0.15, 0.2) is 9.84 Å². The second-order valence-corrected chi connectivity index (χ2v) is 7.70. The van der Waals surface area contributed by atoms with Crippen molar-refractivity contribution in [2.24, 2.45) is 0 Å². The van der Waals surface area contributed by atoms with E-state index in [1.807, 2.05) is 17.9 Å². The van der Waals surface area contributed by atoms with Crippen molar-refractivity contribution in [3.8, 4) is 0 Å². The highest BCUT2D eigenvalue weighted by Crippen LogP contribution is 2.26. The maximum absolute atomic E-state index is 11.5. The van der Waals surface area contributed by atoms with E-state index in [2.05, 4.69) is 9.97 Å². The number of nitrogens with zero attached hydrogens (tertiary/aromatic N) is 3. The van der Waals surface area contributed by atoms with E-state index in [9.17, 15) is 8.42 Å². The Morgan fingerprint density at radius 3 is 2.70 bits per heavy atom. The van der Waals surface area contributed by atoms with Crippen molar-refractivity contribution in [3.63, 3.8) is 0 Å². The molecule has 3 rings (SSSR count). The molecule has 2 aliphatic rings. The lowest BCUT2D eigenvalue weighted by atomic mass is 10.0. The summed E-state index contributed by atoms with van der Waals surface area (Å²) in [4.78, 5) is 11.0. The summed E-state index contributed by atoms with van der Waals surface area (Å²) in [6.45, 7) is 4.40. The summed E-state index contributed by atoms with van der Waals surface area (Å²) >= 11 is 0. The molecule has 0 unspecified atom stereocenters. The van der Waals surface area contributed by atoms with E-state index in [1.54, 1.807) is 0 Å². The zero-order chi connectivity index (χ0) is 14.2. The number of hydrogen-bond acceptors (Lipinski definition) is 6. The Labute approximate surface area is 119 Å². The minimum absolute atomic E-state index is 0.206. The maximum Gasteiger partial charge on any atom is 0.153 e. The number of rotatable bonds is 2. The Balaban J connectivity index is 1.82. The van der Waals surface area contributed by atoms with Crippen molar-refractivity contribution in [1.82, 2.24) is 9.97 Å². The zero-order valence-electron chi connectivity index (χ0n) is 11.6. The lowest BCUT2D eigenvalue weighted by Gasteiger charge is -2.28. The van der Waals surface area contributed by atoms with Crippen molar-refractivity contribution >= 4 is 15.7 Å². The number of anilines is 1. The highest BCUT2D eigenvalue weighted by Gasteiger charge is 2.25. The molecule has 1 atom stereocenters. The quantitative estimate of drug-likeness (QED) is 0.792. The van der Waals surface area contributed by atoms with Crippen LogP contribution in [0, 0.1) is 6.92 Å². The predicted molar refractivity (Wildman–Crippen MR) is 75.8 cm³/mol. The first-order chi connectivity index (χ1) is 9.53. The molecule has 0 bridgehead atoms. The van der Waals surface area contributed by atoms with E-state index in [0.29, 0.717) is 25.6 Å². The van der Waals surface area contributed by atoms with Gasteiger partial charge in [-0.05, 0) is 13.3 Å². The van der Waals surface area contributed by atoms with Crippen LogP contribution in [0.3, 0.4) is 0 Å². The summed E-state index contributed by atoms with van der Waals surface area (Å²) in [7, 11) is -2.86. The highest BCUT2D eigenvalue weighted by molar-refractivity contribution is 7.91. The molecule has 0 aliphatic carbocycles. The van der Waals surface area contributed by atoms with Crippen molar-refractivity contribution < 1.29 is 13.2 Å². The standard InChI is InChI=1S/C13H19N3O3S/c1-10-14-12(11-2-5-19-9-11)8-13(15-10)16-3-6-20(17,18)7-4-16/h8,11H,2-7,9H2,1H3/t11-/m1/s1. The Morgan fingerprint density at radius 1 is 1.30 bits per heavy atom. The molecule has 0 spiro atoms. The van der Waals surface area contributed by atoms with Gasteiger partial charge >= 0.3 is 0 Å². The van der Waals surface area contributed by atoms with E-state index < -0.39 is 9.84 Å². The van der Waals surface area contributed by atoms with Crippen LogP contribution in [-0.2, 0) is 14.6 Å². The molecular formula is C13H19N3O3S. The molecular weight excluding hydrogens is 278 g/mol. The summed E-state index contributed by atoms with van der Waals surface area (Å²) in [5.41, 5.74) is 1.01. The summed E-state index contributed by atoms with van der Waals surface area (Å²) < 4.78 is 28.4. The summed E-state index contributed by atoms with van der Waals surface area (Å²) in [6, 6.07) is 1.99. The van der Waals surface area contributed by atoms with Crippen LogP contribution < -0.4 is 4.90 Å². The Bertz CT molecular complexity index is 583. The average molecular weight is 297 g/mol. The third-order valence-corrected chi connectivity index (χ3v) is 5.47. The minimum atomic E-state index is -2.86. The van der Waals surface area contributed by atoms with Gasteiger partial charge in [-0.1, -0.05) is 0 Å². The highest BCUT2D eigenvalue weighted by atomic mass is 32.2. The van der Waals surface area contributed by atoms with Crippen LogP contribution in [0.1, 0.15) is 23.9 Å². The second kappa shape index (κ2) is 5.29. The second-order valence-electron chi connectivity index (χ2n) is 5.40. The fourth-order valence-corrected chi connectivity index (χ4v) is 3.86. The molecule has 3 heterocycles. The van der Waals surface area contributed by atoms with Crippen LogP contribution in [-0.4, -0.2) is 56.2 Å². The number of ether oxygens (including phenoxy) is 1. The smallest absolute Gasteiger partial charge is 0.153 e. The van der Waals surface area contributed by atoms with Gasteiger partial charge in [-0.3, -0.25) is 0 Å². The maximum atomic E-state index is 11.5. The van der Waals surface area contributed by atoms with Gasteiger partial charge in [0.1, 0.15) is 11.6 Å². The van der Waals surface area contributed by atoms with Crippen molar-refractivity contribution in [3.05, 3.63) is 17.6 Å². The molecule has 7 heteroatoms. The number of hydrogen-bond donors (Lipinski definition) is 0. The Kier molecular flexibility index (Phi) is 3.64. The first-order valence-electron chi connectivity index (χ1n) is 6.92. The summed E-state index contributed by atoms with van der Waals surface area (Å²) in [6.07, 6.45) is 0.990. The molecule has 110 valence electrons. The van der Waals surface area contributed by atoms with Gasteiger partial charge in [0.25, 0.3) is 0 Å². The van der Waals surface area contributed by atoms with Crippen LogP contribution in [0.4, 0.5) is 5.82 Å². The van der Waals surface area contributed by atoms with Gasteiger partial charge in [0, 0.05) is 31.7 Å². The number of sulfone groups is 1. The third kappa shape index (κ3) is 2.93. The lowest BCUT2D eigenvalue weighted by molar-refractivity contribution is 0.193. The number of aryl methyl sites for hydroxylation is 1. The van der Waals surface area contributed by atoms with Gasteiger partial charge in [-0.25, -0.2) is 18.4 Å². The summed E-state index contributed by atoms with van der Waals surface area (Å²) in [5.74, 6) is 2.33. The fourth-order valence-electron chi connectivity index (χ4n) is 2.65. The Hall–Kier alpha value is -1.21. The third-order valence-electron chi connectivity index (χ3n) is 3.86. The minimum Gasteiger partial charge on any atom is -0.381 e. The van der Waals surface area contributed by atoms with Crippen LogP contribution in [0.25, 0.3) is 0 Å². The van der Waals surface area contributed by atoms with Crippen LogP contribution in [0.2, 0.25) is 0 Å². The van der Waals surface area contributed by atoms with Crippen molar-refractivity contribution in [2.75, 3.05) is 42.7 Å². The van der Waals surface area contributed by atoms with Gasteiger partial charge in [0.05, 0.1) is 23.8 Å². The molecule has 20 heavy (non-hydrogen) atoms. The molecule has 2 saturated heterocycles. The molecule has 0 saturated carbocycles. The monoisotopic (exact) mass is 297 g/mol. The predicted octanol–water partition coefficient (Wildman–Crippen LogP) is 0.524. The molecule has 0 radical (unpaired) electrons. The number of aromatic nitrogens is 2. The van der Waals surface area contributed by atoms with Gasteiger partial charge < -0.3 is 9.64 Å².